The smallest absolute Gasteiger partial charge is 0.269 e. The lowest BCUT2D eigenvalue weighted by molar-refractivity contribution is -0.384. The number of fused-ring (bicyclic) bond motifs is 1. The molecule has 0 saturated carbocycles. The second-order valence-electron chi connectivity index (χ2n) is 5.22. The highest BCUT2D eigenvalue weighted by molar-refractivity contribution is 5.55. The molecule has 0 atom stereocenters. The van der Waals surface area contributed by atoms with Crippen LogP contribution in [-0.2, 0) is 19.4 Å². The summed E-state index contributed by atoms with van der Waals surface area (Å²) < 4.78 is 2.06. The molecule has 1 aromatic heterocycles. The molecule has 21 heavy (non-hydrogen) atoms. The molecule has 1 aliphatic carbocycles. The highest BCUT2D eigenvalue weighted by atomic mass is 16.6. The number of hydrogen-bond acceptors (Lipinski definition) is 5. The Morgan fingerprint density at radius 3 is 2.95 bits per heavy atom. The molecule has 0 aliphatic heterocycles. The van der Waals surface area contributed by atoms with Crippen LogP contribution in [0.25, 0.3) is 0 Å². The molecular weight excluding hydrogens is 270 g/mol. The lowest BCUT2D eigenvalue weighted by atomic mass is 10.0. The maximum Gasteiger partial charge on any atom is 0.269 e. The summed E-state index contributed by atoms with van der Waals surface area (Å²) in [4.78, 5) is 15.0. The number of hydrogen-bond donors (Lipinski definition) is 2. The Bertz CT molecular complexity index is 680. The third kappa shape index (κ3) is 2.59. The van der Waals surface area contributed by atoms with Gasteiger partial charge >= 0.3 is 0 Å². The molecule has 1 aliphatic rings. The van der Waals surface area contributed by atoms with E-state index in [2.05, 4.69) is 15.0 Å². The maximum atomic E-state index is 10.9. The number of anilines is 1. The molecule has 0 amide bonds. The lowest BCUT2D eigenvalue weighted by Gasteiger charge is -2.15. The van der Waals surface area contributed by atoms with E-state index in [-0.39, 0.29) is 5.69 Å². The first kappa shape index (κ1) is 13.6. The van der Waals surface area contributed by atoms with Crippen LogP contribution in [0.4, 0.5) is 11.4 Å². The molecule has 3 rings (SSSR count). The Kier molecular flexibility index (Phi) is 3.57. The van der Waals surface area contributed by atoms with Gasteiger partial charge in [-0.1, -0.05) is 0 Å². The van der Waals surface area contributed by atoms with Gasteiger partial charge in [0.1, 0.15) is 0 Å². The average molecular weight is 287 g/mol. The van der Waals surface area contributed by atoms with Gasteiger partial charge in [0.15, 0.2) is 0 Å². The highest BCUT2D eigenvalue weighted by Crippen LogP contribution is 2.25. The van der Waals surface area contributed by atoms with E-state index in [4.69, 9.17) is 5.84 Å². The van der Waals surface area contributed by atoms with Gasteiger partial charge in [-0.25, -0.2) is 4.98 Å². The van der Waals surface area contributed by atoms with Crippen LogP contribution in [0.2, 0.25) is 0 Å². The number of nitrogens with one attached hydrogen (secondary N) is 1. The second-order valence-corrected chi connectivity index (χ2v) is 5.22. The Hall–Kier alpha value is -2.41. The zero-order valence-electron chi connectivity index (χ0n) is 11.6. The molecular formula is C14H17N5O2. The fourth-order valence-electron chi connectivity index (χ4n) is 2.82. The van der Waals surface area contributed by atoms with Crippen LogP contribution < -0.4 is 11.3 Å². The lowest BCUT2D eigenvalue weighted by Crippen LogP contribution is -2.13. The molecule has 3 N–H and O–H groups in total. The van der Waals surface area contributed by atoms with Crippen molar-refractivity contribution in [3.05, 3.63) is 51.6 Å². The summed E-state index contributed by atoms with van der Waals surface area (Å²) in [5, 5.41) is 10.9. The number of nitro groups is 1. The van der Waals surface area contributed by atoms with Gasteiger partial charge in [0.05, 0.1) is 29.2 Å². The maximum absolute atomic E-state index is 10.9. The zero-order valence-corrected chi connectivity index (χ0v) is 11.6. The Labute approximate surface area is 121 Å². The Balaban J connectivity index is 1.95. The minimum absolute atomic E-state index is 0.0676. The number of benzene rings is 1. The van der Waals surface area contributed by atoms with Crippen molar-refractivity contribution in [2.24, 2.45) is 5.84 Å². The van der Waals surface area contributed by atoms with Gasteiger partial charge in [-0.05, 0) is 31.7 Å². The number of nitrogen functional groups attached to an aromatic ring is 1. The van der Waals surface area contributed by atoms with E-state index >= 15 is 0 Å². The van der Waals surface area contributed by atoms with Crippen LogP contribution >= 0.6 is 0 Å². The molecule has 7 heteroatoms. The van der Waals surface area contributed by atoms with E-state index in [1.54, 1.807) is 12.1 Å². The third-order valence-corrected chi connectivity index (χ3v) is 3.91. The summed E-state index contributed by atoms with van der Waals surface area (Å²) in [6.07, 6.45) is 6.18. The summed E-state index contributed by atoms with van der Waals surface area (Å²) in [5.74, 6) is 5.50. The largest absolute Gasteiger partial charge is 0.330 e. The van der Waals surface area contributed by atoms with E-state index in [9.17, 15) is 10.1 Å². The summed E-state index contributed by atoms with van der Waals surface area (Å²) in [5.41, 5.74) is 6.53. The van der Waals surface area contributed by atoms with Gasteiger partial charge in [-0.3, -0.25) is 16.0 Å². The second kappa shape index (κ2) is 5.53. The fraction of sp³-hybridized carbons (Fsp3) is 0.357. The summed E-state index contributed by atoms with van der Waals surface area (Å²) in [6, 6.07) is 4.64. The van der Waals surface area contributed by atoms with Crippen molar-refractivity contribution in [3.8, 4) is 0 Å². The van der Waals surface area contributed by atoms with Gasteiger partial charge in [-0.2, -0.15) is 0 Å². The summed E-state index contributed by atoms with van der Waals surface area (Å²) in [6.45, 7) is 0.531. The summed E-state index contributed by atoms with van der Waals surface area (Å²) in [7, 11) is 0. The standard InChI is InChI=1S/C14H17N5O2/c15-17-12-6-5-11(19(20)21)7-10(12)8-18-9-16-13-3-1-2-4-14(13)18/h5-7,9,17H,1-4,8,15H2. The SMILES string of the molecule is NNc1ccc([N+](=O)[O-])cc1Cn1cnc2c1CCCC2. The number of nitrogens with zero attached hydrogens (tertiary/aromatic N) is 3. The van der Waals surface area contributed by atoms with Crippen molar-refractivity contribution in [2.45, 2.75) is 32.2 Å². The molecule has 1 aromatic carbocycles. The quantitative estimate of drug-likeness (QED) is 0.509. The fourth-order valence-corrected chi connectivity index (χ4v) is 2.82. The molecule has 0 saturated heterocycles. The monoisotopic (exact) mass is 287 g/mol. The van der Waals surface area contributed by atoms with E-state index in [0.29, 0.717) is 12.2 Å². The molecule has 110 valence electrons. The van der Waals surface area contributed by atoms with Crippen LogP contribution in [0.1, 0.15) is 29.8 Å². The first-order valence-electron chi connectivity index (χ1n) is 6.96. The number of aryl methyl sites for hydroxylation is 1. The third-order valence-electron chi connectivity index (χ3n) is 3.91. The Morgan fingerprint density at radius 2 is 2.19 bits per heavy atom. The number of hydrazine groups is 1. The van der Waals surface area contributed by atoms with Crippen molar-refractivity contribution < 1.29 is 4.92 Å². The van der Waals surface area contributed by atoms with Crippen molar-refractivity contribution in [1.82, 2.24) is 9.55 Å². The van der Waals surface area contributed by atoms with Crippen molar-refractivity contribution in [1.29, 1.82) is 0 Å². The number of nitro benzene ring substituents is 1. The number of rotatable bonds is 4. The van der Waals surface area contributed by atoms with Gasteiger partial charge < -0.3 is 9.99 Å². The predicted octanol–water partition coefficient (Wildman–Crippen LogP) is 2.00. The van der Waals surface area contributed by atoms with Gasteiger partial charge in [0.25, 0.3) is 5.69 Å². The summed E-state index contributed by atoms with van der Waals surface area (Å²) >= 11 is 0. The molecule has 0 bridgehead atoms. The topological polar surface area (TPSA) is 99.0 Å². The number of nitrogens with two attached hydrogens (primary N) is 1. The van der Waals surface area contributed by atoms with Crippen molar-refractivity contribution >= 4 is 11.4 Å². The van der Waals surface area contributed by atoms with E-state index < -0.39 is 4.92 Å². The van der Waals surface area contributed by atoms with E-state index in [0.717, 1.165) is 30.5 Å². The van der Waals surface area contributed by atoms with Crippen molar-refractivity contribution in [2.75, 3.05) is 5.43 Å². The Morgan fingerprint density at radius 1 is 1.38 bits per heavy atom. The average Bonchev–Trinajstić information content (AvgIpc) is 2.90. The number of aromatic nitrogens is 2. The van der Waals surface area contributed by atoms with Gasteiger partial charge in [0, 0.05) is 23.4 Å². The van der Waals surface area contributed by atoms with Crippen LogP contribution in [0.3, 0.4) is 0 Å². The number of non-ortho nitro benzene ring substituents is 1. The number of imidazole rings is 1. The minimum atomic E-state index is -0.396. The molecule has 7 nitrogen and oxygen atoms in total. The van der Waals surface area contributed by atoms with Crippen LogP contribution in [-0.4, -0.2) is 14.5 Å². The zero-order chi connectivity index (χ0) is 14.8. The van der Waals surface area contributed by atoms with E-state index in [1.165, 1.54) is 18.2 Å². The first-order valence-corrected chi connectivity index (χ1v) is 6.96. The van der Waals surface area contributed by atoms with E-state index in [1.807, 2.05) is 6.33 Å². The van der Waals surface area contributed by atoms with Gasteiger partial charge in [-0.15, -0.1) is 0 Å². The molecule has 0 fully saturated rings. The van der Waals surface area contributed by atoms with Crippen LogP contribution in [0.15, 0.2) is 24.5 Å². The molecule has 0 spiro atoms. The normalized spacial score (nSPS) is 13.8. The molecule has 0 radical (unpaired) electrons. The molecule has 0 unspecified atom stereocenters. The van der Waals surface area contributed by atoms with Crippen LogP contribution in [0, 0.1) is 10.1 Å². The first-order chi connectivity index (χ1) is 10.2. The highest BCUT2D eigenvalue weighted by Gasteiger charge is 2.17. The van der Waals surface area contributed by atoms with Gasteiger partial charge in [0.2, 0.25) is 0 Å². The van der Waals surface area contributed by atoms with Crippen LogP contribution in [0.5, 0.6) is 0 Å². The minimum Gasteiger partial charge on any atom is -0.330 e. The molecule has 2 aromatic rings. The molecule has 1 heterocycles. The predicted molar refractivity (Wildman–Crippen MR) is 78.9 cm³/mol. The van der Waals surface area contributed by atoms with Crippen molar-refractivity contribution in [3.63, 3.8) is 0 Å².